The summed E-state index contributed by atoms with van der Waals surface area (Å²) in [5, 5.41) is 0. The molecule has 110 valence electrons. The summed E-state index contributed by atoms with van der Waals surface area (Å²) in [7, 11) is 0. The molecular formula is C16H22O4. The number of rotatable bonds is 10. The molecule has 0 aromatic heterocycles. The molecule has 0 radical (unpaired) electrons. The van der Waals surface area contributed by atoms with Crippen LogP contribution in [0.4, 0.5) is 0 Å². The van der Waals surface area contributed by atoms with Crippen molar-refractivity contribution < 1.29 is 19.1 Å². The van der Waals surface area contributed by atoms with Gasteiger partial charge in [-0.15, -0.1) is 0 Å². The Morgan fingerprint density at radius 2 is 2.00 bits per heavy atom. The number of aldehydes is 1. The normalized spacial score (nSPS) is 11.8. The molecule has 1 unspecified atom stereocenters. The van der Waals surface area contributed by atoms with Gasteiger partial charge in [0.2, 0.25) is 0 Å². The molecule has 0 aliphatic carbocycles. The molecule has 1 atom stereocenters. The van der Waals surface area contributed by atoms with E-state index >= 15 is 0 Å². The van der Waals surface area contributed by atoms with E-state index in [-0.39, 0.29) is 0 Å². The Bertz CT molecular complexity index is 389. The smallest absolute Gasteiger partial charge is 0.316 e. The van der Waals surface area contributed by atoms with Crippen LogP contribution in [0, 0.1) is 5.92 Å². The molecule has 0 bridgehead atoms. The highest BCUT2D eigenvalue weighted by atomic mass is 16.5. The van der Waals surface area contributed by atoms with Crippen LogP contribution in [-0.2, 0) is 25.7 Å². The van der Waals surface area contributed by atoms with Crippen LogP contribution in [0.1, 0.15) is 31.7 Å². The lowest BCUT2D eigenvalue weighted by Gasteiger charge is -2.09. The maximum absolute atomic E-state index is 11.4. The molecule has 0 saturated heterocycles. The molecule has 0 aliphatic rings. The predicted molar refractivity (Wildman–Crippen MR) is 76.1 cm³/mol. The summed E-state index contributed by atoms with van der Waals surface area (Å²) in [5.74, 6) is -1.06. The lowest BCUT2D eigenvalue weighted by atomic mass is 10.0. The van der Waals surface area contributed by atoms with Crippen molar-refractivity contribution in [3.05, 3.63) is 35.9 Å². The van der Waals surface area contributed by atoms with Gasteiger partial charge >= 0.3 is 5.97 Å². The highest BCUT2D eigenvalue weighted by molar-refractivity contribution is 5.87. The molecule has 1 aromatic carbocycles. The molecule has 4 heteroatoms. The van der Waals surface area contributed by atoms with Gasteiger partial charge in [-0.2, -0.15) is 0 Å². The van der Waals surface area contributed by atoms with Crippen molar-refractivity contribution >= 4 is 12.3 Å². The van der Waals surface area contributed by atoms with E-state index in [9.17, 15) is 9.59 Å². The Morgan fingerprint density at radius 1 is 1.25 bits per heavy atom. The van der Waals surface area contributed by atoms with E-state index in [0.717, 1.165) is 18.4 Å². The fourth-order valence-corrected chi connectivity index (χ4v) is 1.82. The van der Waals surface area contributed by atoms with Crippen molar-refractivity contribution in [3.63, 3.8) is 0 Å². The van der Waals surface area contributed by atoms with E-state index in [1.165, 1.54) is 0 Å². The number of carbonyl (C=O) groups is 2. The first-order valence-corrected chi connectivity index (χ1v) is 7.01. The van der Waals surface area contributed by atoms with Crippen molar-refractivity contribution in [3.8, 4) is 0 Å². The number of carbonyl (C=O) groups excluding carboxylic acids is 2. The topological polar surface area (TPSA) is 52.6 Å². The Morgan fingerprint density at radius 3 is 2.65 bits per heavy atom. The van der Waals surface area contributed by atoms with E-state index in [2.05, 4.69) is 0 Å². The van der Waals surface area contributed by atoms with Gasteiger partial charge in [0.15, 0.2) is 0 Å². The monoisotopic (exact) mass is 278 g/mol. The maximum atomic E-state index is 11.4. The first kappa shape index (κ1) is 16.4. The van der Waals surface area contributed by atoms with Crippen LogP contribution < -0.4 is 0 Å². The third-order valence-electron chi connectivity index (χ3n) is 2.92. The Balaban J connectivity index is 2.09. The van der Waals surface area contributed by atoms with Crippen molar-refractivity contribution in [1.82, 2.24) is 0 Å². The van der Waals surface area contributed by atoms with Gasteiger partial charge in [0, 0.05) is 6.61 Å². The van der Waals surface area contributed by atoms with Gasteiger partial charge in [-0.25, -0.2) is 0 Å². The number of hydrogen-bond donors (Lipinski definition) is 0. The maximum Gasteiger partial charge on any atom is 0.316 e. The van der Waals surface area contributed by atoms with Gasteiger partial charge in [-0.05, 0) is 31.7 Å². The molecule has 1 rings (SSSR count). The molecule has 0 N–H and O–H groups in total. The SMILES string of the molecule is CCOC(=O)C(C=O)CCCCOCc1ccccc1. The van der Waals surface area contributed by atoms with Crippen molar-refractivity contribution in [2.75, 3.05) is 13.2 Å². The summed E-state index contributed by atoms with van der Waals surface area (Å²) in [4.78, 5) is 22.2. The van der Waals surface area contributed by atoms with Crippen LogP contribution in [-0.4, -0.2) is 25.5 Å². The predicted octanol–water partition coefficient (Wildman–Crippen LogP) is 2.75. The largest absolute Gasteiger partial charge is 0.465 e. The minimum Gasteiger partial charge on any atom is -0.465 e. The lowest BCUT2D eigenvalue weighted by molar-refractivity contribution is -0.149. The zero-order valence-corrected chi connectivity index (χ0v) is 11.9. The van der Waals surface area contributed by atoms with Crippen molar-refractivity contribution in [2.24, 2.45) is 5.92 Å². The molecule has 0 heterocycles. The van der Waals surface area contributed by atoms with E-state index in [1.807, 2.05) is 30.3 Å². The third-order valence-corrected chi connectivity index (χ3v) is 2.92. The second-order valence-electron chi connectivity index (χ2n) is 4.53. The molecule has 0 aliphatic heterocycles. The number of hydrogen-bond acceptors (Lipinski definition) is 4. The Hall–Kier alpha value is -1.68. The molecule has 20 heavy (non-hydrogen) atoms. The quantitative estimate of drug-likeness (QED) is 0.286. The molecule has 4 nitrogen and oxygen atoms in total. The van der Waals surface area contributed by atoms with Crippen LogP contribution in [0.25, 0.3) is 0 Å². The number of benzene rings is 1. The van der Waals surface area contributed by atoms with Crippen LogP contribution in [0.2, 0.25) is 0 Å². The standard InChI is InChI=1S/C16H22O4/c1-2-20-16(18)15(12-17)10-6-7-11-19-13-14-8-4-3-5-9-14/h3-5,8-9,12,15H,2,6-7,10-11,13H2,1H3. The fourth-order valence-electron chi connectivity index (χ4n) is 1.82. The zero-order chi connectivity index (χ0) is 14.6. The summed E-state index contributed by atoms with van der Waals surface area (Å²) < 4.78 is 10.4. The average molecular weight is 278 g/mol. The minimum absolute atomic E-state index is 0.309. The van der Waals surface area contributed by atoms with Crippen molar-refractivity contribution in [2.45, 2.75) is 32.8 Å². The minimum atomic E-state index is -0.635. The van der Waals surface area contributed by atoms with Crippen LogP contribution in [0.3, 0.4) is 0 Å². The second-order valence-corrected chi connectivity index (χ2v) is 4.53. The Labute approximate surface area is 120 Å². The van der Waals surface area contributed by atoms with Crippen molar-refractivity contribution in [1.29, 1.82) is 0 Å². The van der Waals surface area contributed by atoms with Gasteiger partial charge in [0.05, 0.1) is 13.2 Å². The zero-order valence-electron chi connectivity index (χ0n) is 11.9. The van der Waals surface area contributed by atoms with E-state index < -0.39 is 11.9 Å². The number of ether oxygens (including phenoxy) is 2. The Kier molecular flexibility index (Phi) is 8.31. The van der Waals surface area contributed by atoms with Gasteiger partial charge < -0.3 is 14.3 Å². The first-order valence-electron chi connectivity index (χ1n) is 7.01. The average Bonchev–Trinajstić information content (AvgIpc) is 2.48. The summed E-state index contributed by atoms with van der Waals surface area (Å²) in [5.41, 5.74) is 1.14. The van der Waals surface area contributed by atoms with Gasteiger partial charge in [-0.1, -0.05) is 30.3 Å². The van der Waals surface area contributed by atoms with Crippen LogP contribution in [0.5, 0.6) is 0 Å². The highest BCUT2D eigenvalue weighted by Crippen LogP contribution is 2.09. The second kappa shape index (κ2) is 10.1. The van der Waals surface area contributed by atoms with Crippen LogP contribution >= 0.6 is 0 Å². The van der Waals surface area contributed by atoms with Gasteiger partial charge in [-0.3, -0.25) is 4.79 Å². The lowest BCUT2D eigenvalue weighted by Crippen LogP contribution is -2.19. The summed E-state index contributed by atoms with van der Waals surface area (Å²) >= 11 is 0. The summed E-state index contributed by atoms with van der Waals surface area (Å²) in [6.07, 6.45) is 2.80. The van der Waals surface area contributed by atoms with Crippen LogP contribution in [0.15, 0.2) is 30.3 Å². The number of esters is 1. The van der Waals surface area contributed by atoms with Gasteiger partial charge in [0.25, 0.3) is 0 Å². The molecule has 0 amide bonds. The van der Waals surface area contributed by atoms with E-state index in [0.29, 0.717) is 32.5 Å². The highest BCUT2D eigenvalue weighted by Gasteiger charge is 2.17. The van der Waals surface area contributed by atoms with E-state index in [4.69, 9.17) is 9.47 Å². The molecule has 0 spiro atoms. The fraction of sp³-hybridized carbons (Fsp3) is 0.500. The molecule has 0 saturated carbocycles. The number of unbranched alkanes of at least 4 members (excludes halogenated alkanes) is 1. The summed E-state index contributed by atoms with van der Waals surface area (Å²) in [6, 6.07) is 9.96. The van der Waals surface area contributed by atoms with Gasteiger partial charge in [0.1, 0.15) is 12.2 Å². The molecule has 1 aromatic rings. The van der Waals surface area contributed by atoms with E-state index in [1.54, 1.807) is 6.92 Å². The third kappa shape index (κ3) is 6.48. The summed E-state index contributed by atoms with van der Waals surface area (Å²) in [6.45, 7) is 3.26. The molecule has 0 fully saturated rings. The molecular weight excluding hydrogens is 256 g/mol. The first-order chi connectivity index (χ1) is 9.77.